The Balaban J connectivity index is 2.35. The molecular weight excluding hydrogens is 264 g/mol. The minimum atomic E-state index is -3.46. The highest BCUT2D eigenvalue weighted by atomic mass is 32.2. The van der Waals surface area contributed by atoms with Crippen molar-refractivity contribution in [1.82, 2.24) is 4.72 Å². The zero-order valence-electron chi connectivity index (χ0n) is 11.0. The van der Waals surface area contributed by atoms with Gasteiger partial charge in [0.25, 0.3) is 0 Å². The van der Waals surface area contributed by atoms with Gasteiger partial charge in [0.2, 0.25) is 10.0 Å². The molecule has 1 unspecified atom stereocenters. The second-order valence-corrected chi connectivity index (χ2v) is 6.67. The van der Waals surface area contributed by atoms with Crippen LogP contribution >= 0.6 is 0 Å². The highest BCUT2D eigenvalue weighted by molar-refractivity contribution is 7.89. The topological polar surface area (TPSA) is 69.6 Å². The average Bonchev–Trinajstić information content (AvgIpc) is 2.47. The Morgan fingerprint density at radius 1 is 1.42 bits per heavy atom. The quantitative estimate of drug-likeness (QED) is 0.858. The number of piperidine rings is 1. The molecule has 0 bridgehead atoms. The normalized spacial score (nSPS) is 20.5. The van der Waals surface area contributed by atoms with Crippen LogP contribution in [0, 0.1) is 5.92 Å². The van der Waals surface area contributed by atoms with Gasteiger partial charge in [-0.25, -0.2) is 13.1 Å². The molecule has 1 aromatic rings. The Labute approximate surface area is 114 Å². The van der Waals surface area contributed by atoms with Crippen LogP contribution < -0.4 is 9.62 Å². The number of benzene rings is 1. The highest BCUT2D eigenvalue weighted by Gasteiger charge is 2.24. The number of aliphatic hydroxyl groups excluding tert-OH is 1. The Hall–Kier alpha value is -1.11. The monoisotopic (exact) mass is 284 g/mol. The van der Waals surface area contributed by atoms with E-state index in [9.17, 15) is 13.5 Å². The predicted molar refractivity (Wildman–Crippen MR) is 74.7 cm³/mol. The lowest BCUT2D eigenvalue weighted by atomic mass is 9.98. The molecule has 19 heavy (non-hydrogen) atoms. The zero-order valence-corrected chi connectivity index (χ0v) is 11.9. The highest BCUT2D eigenvalue weighted by Crippen LogP contribution is 2.28. The van der Waals surface area contributed by atoms with E-state index in [1.165, 1.54) is 7.05 Å². The summed E-state index contributed by atoms with van der Waals surface area (Å²) < 4.78 is 26.4. The molecule has 1 aromatic carbocycles. The molecule has 0 spiro atoms. The number of rotatable bonds is 4. The van der Waals surface area contributed by atoms with Gasteiger partial charge in [-0.3, -0.25) is 0 Å². The van der Waals surface area contributed by atoms with E-state index in [-0.39, 0.29) is 12.5 Å². The van der Waals surface area contributed by atoms with Gasteiger partial charge in [-0.1, -0.05) is 12.1 Å². The zero-order chi connectivity index (χ0) is 13.9. The Kier molecular flexibility index (Phi) is 4.44. The first-order valence-electron chi connectivity index (χ1n) is 6.47. The number of para-hydroxylation sites is 1. The van der Waals surface area contributed by atoms with Crippen LogP contribution in [-0.2, 0) is 10.0 Å². The molecule has 0 aliphatic carbocycles. The van der Waals surface area contributed by atoms with Gasteiger partial charge in [0, 0.05) is 19.7 Å². The van der Waals surface area contributed by atoms with E-state index in [0.717, 1.165) is 25.1 Å². The lowest BCUT2D eigenvalue weighted by Crippen LogP contribution is -2.38. The molecule has 2 N–H and O–H groups in total. The fourth-order valence-corrected chi connectivity index (χ4v) is 3.44. The Morgan fingerprint density at radius 3 is 2.84 bits per heavy atom. The van der Waals surface area contributed by atoms with Crippen molar-refractivity contribution in [3.05, 3.63) is 24.3 Å². The summed E-state index contributed by atoms with van der Waals surface area (Å²) >= 11 is 0. The van der Waals surface area contributed by atoms with Crippen molar-refractivity contribution in [3.63, 3.8) is 0 Å². The van der Waals surface area contributed by atoms with Crippen molar-refractivity contribution < 1.29 is 13.5 Å². The summed E-state index contributed by atoms with van der Waals surface area (Å²) in [6.07, 6.45) is 1.97. The van der Waals surface area contributed by atoms with Gasteiger partial charge in [-0.15, -0.1) is 0 Å². The second kappa shape index (κ2) is 5.90. The molecule has 1 aliphatic heterocycles. The van der Waals surface area contributed by atoms with Gasteiger partial charge in [0.1, 0.15) is 4.90 Å². The summed E-state index contributed by atoms with van der Waals surface area (Å²) in [6.45, 7) is 1.68. The molecule has 5 nitrogen and oxygen atoms in total. The standard InChI is InChI=1S/C13H20N2O3S/c1-14-19(17,18)13-7-3-2-6-12(13)15-8-4-5-11(9-15)10-16/h2-3,6-7,11,14,16H,4-5,8-10H2,1H3. The lowest BCUT2D eigenvalue weighted by Gasteiger charge is -2.34. The summed E-state index contributed by atoms with van der Waals surface area (Å²) in [5, 5.41) is 9.27. The molecule has 1 atom stereocenters. The number of hydrogen-bond acceptors (Lipinski definition) is 4. The number of sulfonamides is 1. The van der Waals surface area contributed by atoms with Crippen molar-refractivity contribution in [2.24, 2.45) is 5.92 Å². The molecule has 106 valence electrons. The molecule has 6 heteroatoms. The molecular formula is C13H20N2O3S. The van der Waals surface area contributed by atoms with E-state index < -0.39 is 10.0 Å². The number of aliphatic hydroxyl groups is 1. The van der Waals surface area contributed by atoms with Crippen LogP contribution in [0.1, 0.15) is 12.8 Å². The maximum Gasteiger partial charge on any atom is 0.242 e. The van der Waals surface area contributed by atoms with Gasteiger partial charge < -0.3 is 10.0 Å². The van der Waals surface area contributed by atoms with E-state index in [1.807, 2.05) is 12.1 Å². The molecule has 1 aliphatic rings. The number of anilines is 1. The summed E-state index contributed by atoms with van der Waals surface area (Å²) in [6, 6.07) is 7.00. The van der Waals surface area contributed by atoms with E-state index in [2.05, 4.69) is 9.62 Å². The van der Waals surface area contributed by atoms with Gasteiger partial charge >= 0.3 is 0 Å². The fourth-order valence-electron chi connectivity index (χ4n) is 2.49. The molecule has 0 aromatic heterocycles. The molecule has 1 fully saturated rings. The van der Waals surface area contributed by atoms with Gasteiger partial charge in [0.05, 0.1) is 5.69 Å². The van der Waals surface area contributed by atoms with Crippen LogP contribution in [0.4, 0.5) is 5.69 Å². The predicted octanol–water partition coefficient (Wildman–Crippen LogP) is 0.803. The van der Waals surface area contributed by atoms with Crippen molar-refractivity contribution in [2.75, 3.05) is 31.6 Å². The van der Waals surface area contributed by atoms with E-state index >= 15 is 0 Å². The smallest absolute Gasteiger partial charge is 0.242 e. The molecule has 0 saturated carbocycles. The van der Waals surface area contributed by atoms with E-state index in [4.69, 9.17) is 0 Å². The van der Waals surface area contributed by atoms with Crippen LogP contribution in [0.3, 0.4) is 0 Å². The first-order valence-corrected chi connectivity index (χ1v) is 7.95. The third kappa shape index (κ3) is 3.08. The lowest BCUT2D eigenvalue weighted by molar-refractivity contribution is 0.208. The number of nitrogens with zero attached hydrogens (tertiary/aromatic N) is 1. The maximum absolute atomic E-state index is 12.0. The fraction of sp³-hybridized carbons (Fsp3) is 0.538. The van der Waals surface area contributed by atoms with Gasteiger partial charge in [-0.05, 0) is 37.9 Å². The van der Waals surface area contributed by atoms with Crippen molar-refractivity contribution in [2.45, 2.75) is 17.7 Å². The molecule has 0 amide bonds. The largest absolute Gasteiger partial charge is 0.396 e. The van der Waals surface area contributed by atoms with Crippen molar-refractivity contribution in [3.8, 4) is 0 Å². The van der Waals surface area contributed by atoms with Crippen LogP contribution in [0.5, 0.6) is 0 Å². The van der Waals surface area contributed by atoms with Gasteiger partial charge in [-0.2, -0.15) is 0 Å². The summed E-state index contributed by atoms with van der Waals surface area (Å²) in [5.74, 6) is 0.221. The first-order chi connectivity index (χ1) is 9.08. The van der Waals surface area contributed by atoms with Crippen molar-refractivity contribution >= 4 is 15.7 Å². The van der Waals surface area contributed by atoms with Crippen LogP contribution in [0.15, 0.2) is 29.2 Å². The maximum atomic E-state index is 12.0. The minimum absolute atomic E-state index is 0.150. The van der Waals surface area contributed by atoms with Gasteiger partial charge in [0.15, 0.2) is 0 Å². The SMILES string of the molecule is CNS(=O)(=O)c1ccccc1N1CCCC(CO)C1. The third-order valence-corrected chi connectivity index (χ3v) is 5.00. The van der Waals surface area contributed by atoms with Crippen molar-refractivity contribution in [1.29, 1.82) is 0 Å². The average molecular weight is 284 g/mol. The summed E-state index contributed by atoms with van der Waals surface area (Å²) in [5.41, 5.74) is 0.718. The molecule has 1 heterocycles. The molecule has 1 saturated heterocycles. The van der Waals surface area contributed by atoms with Crippen LogP contribution in [0.2, 0.25) is 0 Å². The summed E-state index contributed by atoms with van der Waals surface area (Å²) in [7, 11) is -2.04. The molecule has 0 radical (unpaired) electrons. The second-order valence-electron chi connectivity index (χ2n) is 4.81. The van der Waals surface area contributed by atoms with Crippen LogP contribution in [0.25, 0.3) is 0 Å². The first kappa shape index (κ1) is 14.3. The minimum Gasteiger partial charge on any atom is -0.396 e. The van der Waals surface area contributed by atoms with E-state index in [1.54, 1.807) is 12.1 Å². The third-order valence-electron chi connectivity index (χ3n) is 3.54. The number of hydrogen-bond donors (Lipinski definition) is 2. The summed E-state index contributed by atoms with van der Waals surface area (Å²) in [4.78, 5) is 2.35. The Morgan fingerprint density at radius 2 is 2.16 bits per heavy atom. The molecule has 2 rings (SSSR count). The Bertz CT molecular complexity index is 530. The van der Waals surface area contributed by atoms with Crippen LogP contribution in [-0.4, -0.2) is 40.3 Å². The number of nitrogens with one attached hydrogen (secondary N) is 1. The van der Waals surface area contributed by atoms with E-state index in [0.29, 0.717) is 11.4 Å².